The molecule has 1 unspecified atom stereocenters. The molecule has 3 heteroatoms. The molecule has 14 heavy (non-hydrogen) atoms. The number of rotatable bonds is 3. The molecule has 1 N–H and O–H groups in total. The van der Waals surface area contributed by atoms with Crippen LogP contribution < -0.4 is 5.32 Å². The van der Waals surface area contributed by atoms with E-state index in [0.717, 1.165) is 5.56 Å². The van der Waals surface area contributed by atoms with Crippen LogP contribution in [0.25, 0.3) is 6.08 Å². The first-order valence-electron chi connectivity index (χ1n) is 4.44. The Bertz CT molecular complexity index is 336. The van der Waals surface area contributed by atoms with E-state index in [1.165, 1.54) is 6.07 Å². The lowest BCUT2D eigenvalue weighted by molar-refractivity contribution is 0.628. The first-order chi connectivity index (χ1) is 6.63. The highest BCUT2D eigenvalue weighted by atomic mass is 35.5. The summed E-state index contributed by atoms with van der Waals surface area (Å²) in [4.78, 5) is 0. The molecule has 0 bridgehead atoms. The molecule has 1 aromatic rings. The van der Waals surface area contributed by atoms with Gasteiger partial charge >= 0.3 is 0 Å². The summed E-state index contributed by atoms with van der Waals surface area (Å²) < 4.78 is 13.0. The van der Waals surface area contributed by atoms with Gasteiger partial charge in [-0.2, -0.15) is 0 Å². The third-order valence-corrected chi connectivity index (χ3v) is 2.28. The minimum absolute atomic E-state index is 0.156. The second-order valence-corrected chi connectivity index (χ2v) is 3.52. The van der Waals surface area contributed by atoms with Gasteiger partial charge in [0, 0.05) is 6.04 Å². The normalized spacial score (nSPS) is 13.4. The average molecular weight is 214 g/mol. The maximum absolute atomic E-state index is 13.0. The highest BCUT2D eigenvalue weighted by Gasteiger charge is 1.98. The molecule has 1 nitrogen and oxygen atoms in total. The molecule has 0 aliphatic carbocycles. The van der Waals surface area contributed by atoms with Crippen molar-refractivity contribution in [3.05, 3.63) is 40.7 Å². The summed E-state index contributed by atoms with van der Waals surface area (Å²) in [7, 11) is 1.87. The Balaban J connectivity index is 2.77. The van der Waals surface area contributed by atoms with Crippen LogP contribution >= 0.6 is 11.6 Å². The van der Waals surface area contributed by atoms with E-state index in [-0.39, 0.29) is 16.9 Å². The van der Waals surface area contributed by atoms with Crippen LogP contribution in [0.4, 0.5) is 4.39 Å². The van der Waals surface area contributed by atoms with Gasteiger partial charge in [-0.05, 0) is 31.7 Å². The number of likely N-dealkylation sites (N-methyl/N-ethyl adjacent to an activating group) is 1. The van der Waals surface area contributed by atoms with E-state index in [1.54, 1.807) is 12.1 Å². The number of hydrogen-bond acceptors (Lipinski definition) is 1. The zero-order valence-electron chi connectivity index (χ0n) is 8.22. The lowest BCUT2D eigenvalue weighted by Gasteiger charge is -2.02. The summed E-state index contributed by atoms with van der Waals surface area (Å²) >= 11 is 5.56. The highest BCUT2D eigenvalue weighted by Crippen LogP contribution is 2.16. The number of nitrogens with one attached hydrogen (secondary N) is 1. The summed E-state index contributed by atoms with van der Waals surface area (Å²) in [5, 5.41) is 3.21. The van der Waals surface area contributed by atoms with E-state index >= 15 is 0 Å². The largest absolute Gasteiger partial charge is 0.314 e. The SMILES string of the molecule is CNC(C)/C=C/c1ccc(Cl)c(F)c1. The predicted molar refractivity (Wildman–Crippen MR) is 59.0 cm³/mol. The van der Waals surface area contributed by atoms with E-state index in [1.807, 2.05) is 26.1 Å². The Morgan fingerprint density at radius 2 is 2.21 bits per heavy atom. The van der Waals surface area contributed by atoms with Gasteiger partial charge in [-0.25, -0.2) is 4.39 Å². The van der Waals surface area contributed by atoms with Gasteiger partial charge in [-0.15, -0.1) is 0 Å². The molecule has 1 atom stereocenters. The Morgan fingerprint density at radius 3 is 2.79 bits per heavy atom. The number of hydrogen-bond donors (Lipinski definition) is 1. The number of benzene rings is 1. The van der Waals surface area contributed by atoms with Crippen LogP contribution in [0.1, 0.15) is 12.5 Å². The Labute approximate surface area is 88.6 Å². The summed E-state index contributed by atoms with van der Waals surface area (Å²) in [5.41, 5.74) is 0.814. The van der Waals surface area contributed by atoms with Gasteiger partial charge in [0.15, 0.2) is 0 Å². The fourth-order valence-corrected chi connectivity index (χ4v) is 1.09. The molecule has 0 spiro atoms. The molecule has 0 fully saturated rings. The van der Waals surface area contributed by atoms with E-state index in [4.69, 9.17) is 11.6 Å². The van der Waals surface area contributed by atoms with E-state index < -0.39 is 0 Å². The van der Waals surface area contributed by atoms with Crippen molar-refractivity contribution >= 4 is 17.7 Å². The maximum atomic E-state index is 13.0. The summed E-state index contributed by atoms with van der Waals surface area (Å²) in [6.45, 7) is 2.02. The van der Waals surface area contributed by atoms with Crippen molar-refractivity contribution in [2.45, 2.75) is 13.0 Å². The molecule has 1 aromatic carbocycles. The number of halogens is 2. The fourth-order valence-electron chi connectivity index (χ4n) is 0.968. The van der Waals surface area contributed by atoms with E-state index in [9.17, 15) is 4.39 Å². The topological polar surface area (TPSA) is 12.0 Å². The van der Waals surface area contributed by atoms with Crippen molar-refractivity contribution in [3.8, 4) is 0 Å². The second kappa shape index (κ2) is 5.13. The summed E-state index contributed by atoms with van der Waals surface area (Å²) in [5.74, 6) is -0.383. The lowest BCUT2D eigenvalue weighted by atomic mass is 10.2. The van der Waals surface area contributed by atoms with Crippen molar-refractivity contribution < 1.29 is 4.39 Å². The van der Waals surface area contributed by atoms with E-state index in [2.05, 4.69) is 5.32 Å². The first-order valence-corrected chi connectivity index (χ1v) is 4.82. The van der Waals surface area contributed by atoms with Gasteiger partial charge < -0.3 is 5.32 Å². The first kappa shape index (κ1) is 11.2. The standard InChI is InChI=1S/C11H13ClFN/c1-8(14-2)3-4-9-5-6-10(12)11(13)7-9/h3-8,14H,1-2H3/b4-3+. The van der Waals surface area contributed by atoms with Gasteiger partial charge in [-0.3, -0.25) is 0 Å². The van der Waals surface area contributed by atoms with Crippen LogP contribution in [0.2, 0.25) is 5.02 Å². The van der Waals surface area contributed by atoms with Gasteiger partial charge in [0.05, 0.1) is 5.02 Å². The molecule has 0 saturated heterocycles. The fraction of sp³-hybridized carbons (Fsp3) is 0.273. The maximum Gasteiger partial charge on any atom is 0.142 e. The third kappa shape index (κ3) is 3.13. The van der Waals surface area contributed by atoms with Crippen molar-refractivity contribution in [2.75, 3.05) is 7.05 Å². The molecule has 0 aromatic heterocycles. The predicted octanol–water partition coefficient (Wildman–Crippen LogP) is 3.10. The van der Waals surface area contributed by atoms with Gasteiger partial charge in [0.1, 0.15) is 5.82 Å². The van der Waals surface area contributed by atoms with Crippen LogP contribution in [0.15, 0.2) is 24.3 Å². The molecule has 0 saturated carbocycles. The van der Waals surface area contributed by atoms with Crippen molar-refractivity contribution in [3.63, 3.8) is 0 Å². The molecule has 76 valence electrons. The highest BCUT2D eigenvalue weighted by molar-refractivity contribution is 6.30. The molecular formula is C11H13ClFN. The summed E-state index contributed by atoms with van der Waals surface area (Å²) in [6.07, 6.45) is 3.82. The van der Waals surface area contributed by atoms with E-state index in [0.29, 0.717) is 0 Å². The minimum Gasteiger partial charge on any atom is -0.314 e. The van der Waals surface area contributed by atoms with Gasteiger partial charge in [0.25, 0.3) is 0 Å². The molecule has 0 aliphatic rings. The van der Waals surface area contributed by atoms with Crippen LogP contribution in [-0.4, -0.2) is 13.1 Å². The average Bonchev–Trinajstić information content (AvgIpc) is 2.19. The molecule has 1 rings (SSSR count). The monoisotopic (exact) mass is 213 g/mol. The minimum atomic E-state index is -0.383. The van der Waals surface area contributed by atoms with Crippen LogP contribution in [0, 0.1) is 5.82 Å². The second-order valence-electron chi connectivity index (χ2n) is 3.11. The van der Waals surface area contributed by atoms with Crippen molar-refractivity contribution in [1.82, 2.24) is 5.32 Å². The van der Waals surface area contributed by atoms with Crippen LogP contribution in [-0.2, 0) is 0 Å². The molecule has 0 heterocycles. The summed E-state index contributed by atoms with van der Waals surface area (Å²) in [6, 6.07) is 5.03. The lowest BCUT2D eigenvalue weighted by Crippen LogP contribution is -2.17. The van der Waals surface area contributed by atoms with Crippen LogP contribution in [0.3, 0.4) is 0 Å². The Morgan fingerprint density at radius 1 is 1.50 bits per heavy atom. The van der Waals surface area contributed by atoms with Crippen molar-refractivity contribution in [2.24, 2.45) is 0 Å². The Kier molecular flexibility index (Phi) is 4.11. The van der Waals surface area contributed by atoms with Gasteiger partial charge in [-0.1, -0.05) is 29.8 Å². The molecular weight excluding hydrogens is 201 g/mol. The van der Waals surface area contributed by atoms with Crippen molar-refractivity contribution in [1.29, 1.82) is 0 Å². The zero-order valence-corrected chi connectivity index (χ0v) is 8.98. The quantitative estimate of drug-likeness (QED) is 0.814. The van der Waals surface area contributed by atoms with Gasteiger partial charge in [0.2, 0.25) is 0 Å². The molecule has 0 radical (unpaired) electrons. The molecule has 0 aliphatic heterocycles. The molecule has 0 amide bonds. The third-order valence-electron chi connectivity index (χ3n) is 1.98. The Hall–Kier alpha value is -0.860. The van der Waals surface area contributed by atoms with Crippen LogP contribution in [0.5, 0.6) is 0 Å². The zero-order chi connectivity index (χ0) is 10.6. The smallest absolute Gasteiger partial charge is 0.142 e.